The molecule has 0 saturated heterocycles. The zero-order valence-electron chi connectivity index (χ0n) is 11.6. The maximum atomic E-state index is 12.3. The number of amides is 1. The van der Waals surface area contributed by atoms with Crippen molar-refractivity contribution >= 4 is 35.0 Å². The minimum absolute atomic E-state index is 0.126. The number of hydrogen-bond acceptors (Lipinski definition) is 5. The van der Waals surface area contributed by atoms with Crippen LogP contribution in [-0.4, -0.2) is 28.7 Å². The zero-order chi connectivity index (χ0) is 15.2. The molecule has 1 heterocycles. The molecule has 0 bridgehead atoms. The lowest BCUT2D eigenvalue weighted by Crippen LogP contribution is -2.14. The van der Waals surface area contributed by atoms with Crippen molar-refractivity contribution in [3.05, 3.63) is 41.2 Å². The molecule has 0 aliphatic rings. The molecule has 0 aliphatic carbocycles. The molecule has 2 aromatic rings. The maximum Gasteiger partial charge on any atom is 0.260 e. The fraction of sp³-hybridized carbons (Fsp3) is 0.214. The van der Waals surface area contributed by atoms with E-state index in [0.717, 1.165) is 0 Å². The molecule has 0 saturated carbocycles. The first kappa shape index (κ1) is 15.6. The molecule has 5 nitrogen and oxygen atoms in total. The Bertz CT molecular complexity index is 652. The van der Waals surface area contributed by atoms with Crippen LogP contribution < -0.4 is 10.1 Å². The van der Waals surface area contributed by atoms with Crippen molar-refractivity contribution < 1.29 is 9.53 Å². The van der Waals surface area contributed by atoms with E-state index in [4.69, 9.17) is 16.3 Å². The summed E-state index contributed by atoms with van der Waals surface area (Å²) in [5.41, 5.74) is 0.801. The Kier molecular flexibility index (Phi) is 5.41. The number of rotatable bonds is 5. The van der Waals surface area contributed by atoms with Gasteiger partial charge in [0.2, 0.25) is 0 Å². The molecule has 110 valence electrons. The first-order valence-electron chi connectivity index (χ1n) is 6.25. The van der Waals surface area contributed by atoms with Gasteiger partial charge in [-0.15, -0.1) is 0 Å². The number of carbonyl (C=O) groups excluding carboxylic acids is 1. The molecule has 0 spiro atoms. The lowest BCUT2D eigenvalue weighted by atomic mass is 10.2. The summed E-state index contributed by atoms with van der Waals surface area (Å²) in [4.78, 5) is 20.3. The summed E-state index contributed by atoms with van der Waals surface area (Å²) in [5, 5.41) is 3.40. The summed E-state index contributed by atoms with van der Waals surface area (Å²) < 4.78 is 5.46. The van der Waals surface area contributed by atoms with E-state index in [9.17, 15) is 4.79 Å². The Morgan fingerprint density at radius 3 is 2.86 bits per heavy atom. The third-order valence-electron chi connectivity index (χ3n) is 2.58. The van der Waals surface area contributed by atoms with Crippen molar-refractivity contribution in [2.24, 2.45) is 0 Å². The van der Waals surface area contributed by atoms with E-state index >= 15 is 0 Å². The van der Waals surface area contributed by atoms with Crippen molar-refractivity contribution in [3.63, 3.8) is 0 Å². The van der Waals surface area contributed by atoms with Crippen molar-refractivity contribution in [3.8, 4) is 5.75 Å². The van der Waals surface area contributed by atoms with E-state index < -0.39 is 0 Å². The number of nitrogens with one attached hydrogen (secondary N) is 1. The topological polar surface area (TPSA) is 64.1 Å². The van der Waals surface area contributed by atoms with Gasteiger partial charge in [-0.2, -0.15) is 0 Å². The highest BCUT2D eigenvalue weighted by Gasteiger charge is 2.15. The SMILES string of the molecule is CCOc1ccccc1NC(=O)c1cnc(SC)nc1Cl. The summed E-state index contributed by atoms with van der Waals surface area (Å²) in [5.74, 6) is 0.228. The van der Waals surface area contributed by atoms with Gasteiger partial charge in [-0.1, -0.05) is 35.5 Å². The standard InChI is InChI=1S/C14H14ClN3O2S/c1-3-20-11-7-5-4-6-10(11)17-13(19)9-8-16-14(21-2)18-12(9)15/h4-8H,3H2,1-2H3,(H,17,19). The predicted molar refractivity (Wildman–Crippen MR) is 84.4 cm³/mol. The number of ether oxygens (including phenoxy) is 1. The summed E-state index contributed by atoms with van der Waals surface area (Å²) in [7, 11) is 0. The van der Waals surface area contributed by atoms with E-state index in [2.05, 4.69) is 15.3 Å². The second-order valence-corrected chi connectivity index (χ2v) is 5.08. The van der Waals surface area contributed by atoms with Gasteiger partial charge in [-0.3, -0.25) is 4.79 Å². The summed E-state index contributed by atoms with van der Waals surface area (Å²) in [6.07, 6.45) is 3.25. The van der Waals surface area contributed by atoms with Crippen molar-refractivity contribution in [1.29, 1.82) is 0 Å². The monoisotopic (exact) mass is 323 g/mol. The number of para-hydroxylation sites is 2. The molecule has 21 heavy (non-hydrogen) atoms. The van der Waals surface area contributed by atoms with Crippen molar-refractivity contribution in [2.45, 2.75) is 12.1 Å². The van der Waals surface area contributed by atoms with E-state index in [-0.39, 0.29) is 16.6 Å². The van der Waals surface area contributed by atoms with Crippen molar-refractivity contribution in [2.75, 3.05) is 18.2 Å². The number of thioether (sulfide) groups is 1. The molecule has 2 rings (SSSR count). The van der Waals surface area contributed by atoms with Crippen LogP contribution in [0.5, 0.6) is 5.75 Å². The number of hydrogen-bond donors (Lipinski definition) is 1. The quantitative estimate of drug-likeness (QED) is 0.518. The largest absolute Gasteiger partial charge is 0.492 e. The smallest absolute Gasteiger partial charge is 0.260 e. The zero-order valence-corrected chi connectivity index (χ0v) is 13.2. The highest BCUT2D eigenvalue weighted by molar-refractivity contribution is 7.98. The van der Waals surface area contributed by atoms with Crippen LogP contribution in [0.3, 0.4) is 0 Å². The van der Waals surface area contributed by atoms with Gasteiger partial charge < -0.3 is 10.1 Å². The molecule has 0 aliphatic heterocycles. The van der Waals surface area contributed by atoms with Crippen LogP contribution in [0.1, 0.15) is 17.3 Å². The number of nitrogens with zero attached hydrogens (tertiary/aromatic N) is 2. The molecule has 0 fully saturated rings. The number of benzene rings is 1. The second-order valence-electron chi connectivity index (χ2n) is 3.94. The van der Waals surface area contributed by atoms with Crippen LogP contribution >= 0.6 is 23.4 Å². The molecular formula is C14H14ClN3O2S. The molecule has 0 radical (unpaired) electrons. The summed E-state index contributed by atoms with van der Waals surface area (Å²) in [6.45, 7) is 2.39. The number of carbonyl (C=O) groups is 1. The molecule has 0 atom stereocenters. The summed E-state index contributed by atoms with van der Waals surface area (Å²) in [6, 6.07) is 7.19. The molecule has 1 aromatic heterocycles. The highest BCUT2D eigenvalue weighted by atomic mass is 35.5. The van der Waals surface area contributed by atoms with Gasteiger partial charge in [0.15, 0.2) is 5.16 Å². The Balaban J connectivity index is 2.22. The fourth-order valence-electron chi connectivity index (χ4n) is 1.64. The number of halogens is 1. The molecular weight excluding hydrogens is 310 g/mol. The highest BCUT2D eigenvalue weighted by Crippen LogP contribution is 2.25. The first-order chi connectivity index (χ1) is 10.2. The van der Waals surface area contributed by atoms with Crippen molar-refractivity contribution in [1.82, 2.24) is 9.97 Å². The normalized spacial score (nSPS) is 10.2. The minimum atomic E-state index is -0.375. The van der Waals surface area contributed by atoms with Crippen LogP contribution in [0, 0.1) is 0 Å². The fourth-order valence-corrected chi connectivity index (χ4v) is 2.24. The van der Waals surface area contributed by atoms with Gasteiger partial charge in [-0.05, 0) is 25.3 Å². The number of aromatic nitrogens is 2. The Hall–Kier alpha value is -1.79. The van der Waals surface area contributed by atoms with Crippen LogP contribution in [0.15, 0.2) is 35.6 Å². The van der Waals surface area contributed by atoms with Crippen LogP contribution in [0.2, 0.25) is 5.15 Å². The Morgan fingerprint density at radius 2 is 2.19 bits per heavy atom. The van der Waals surface area contributed by atoms with E-state index in [1.807, 2.05) is 25.3 Å². The predicted octanol–water partition coefficient (Wildman–Crippen LogP) is 3.50. The molecule has 1 aromatic carbocycles. The van der Waals surface area contributed by atoms with E-state index in [0.29, 0.717) is 23.2 Å². The molecule has 1 amide bonds. The third-order valence-corrected chi connectivity index (χ3v) is 3.43. The number of anilines is 1. The Morgan fingerprint density at radius 1 is 1.43 bits per heavy atom. The van der Waals surface area contributed by atoms with Crippen LogP contribution in [0.25, 0.3) is 0 Å². The molecule has 7 heteroatoms. The van der Waals surface area contributed by atoms with Gasteiger partial charge in [0.25, 0.3) is 5.91 Å². The van der Waals surface area contributed by atoms with Crippen LogP contribution in [-0.2, 0) is 0 Å². The Labute approximate surface area is 132 Å². The minimum Gasteiger partial charge on any atom is -0.492 e. The lowest BCUT2D eigenvalue weighted by molar-refractivity contribution is 0.102. The van der Waals surface area contributed by atoms with Gasteiger partial charge in [-0.25, -0.2) is 9.97 Å². The summed E-state index contributed by atoms with van der Waals surface area (Å²) >= 11 is 7.37. The van der Waals surface area contributed by atoms with Gasteiger partial charge in [0.05, 0.1) is 17.9 Å². The average molecular weight is 324 g/mol. The molecule has 1 N–H and O–H groups in total. The second kappa shape index (κ2) is 7.28. The van der Waals surface area contributed by atoms with Crippen LogP contribution in [0.4, 0.5) is 5.69 Å². The van der Waals surface area contributed by atoms with E-state index in [1.165, 1.54) is 18.0 Å². The lowest BCUT2D eigenvalue weighted by Gasteiger charge is -2.11. The first-order valence-corrected chi connectivity index (χ1v) is 7.85. The maximum absolute atomic E-state index is 12.3. The van der Waals surface area contributed by atoms with Gasteiger partial charge in [0, 0.05) is 6.20 Å². The van der Waals surface area contributed by atoms with Gasteiger partial charge in [0.1, 0.15) is 10.9 Å². The molecule has 0 unspecified atom stereocenters. The van der Waals surface area contributed by atoms with Gasteiger partial charge >= 0.3 is 0 Å². The van der Waals surface area contributed by atoms with E-state index in [1.54, 1.807) is 12.1 Å². The third kappa shape index (κ3) is 3.86. The average Bonchev–Trinajstić information content (AvgIpc) is 2.49.